The van der Waals surface area contributed by atoms with Crippen molar-refractivity contribution in [1.29, 1.82) is 0 Å². The molecule has 2 aromatic carbocycles. The molecule has 0 N–H and O–H groups in total. The number of ether oxygens (including phenoxy) is 1. The molecule has 2 heterocycles. The van der Waals surface area contributed by atoms with Crippen LogP contribution >= 0.6 is 11.3 Å². The van der Waals surface area contributed by atoms with Crippen molar-refractivity contribution in [3.63, 3.8) is 0 Å². The zero-order valence-corrected chi connectivity index (χ0v) is 15.9. The number of hydrogen-bond donors (Lipinski definition) is 0. The van der Waals surface area contributed by atoms with Crippen molar-refractivity contribution in [1.82, 2.24) is 4.90 Å². The van der Waals surface area contributed by atoms with Gasteiger partial charge in [0.25, 0.3) is 0 Å². The maximum atomic E-state index is 5.33. The molecule has 0 saturated carbocycles. The van der Waals surface area contributed by atoms with Crippen LogP contribution in [0, 0.1) is 0 Å². The highest BCUT2D eigenvalue weighted by Crippen LogP contribution is 2.32. The molecule has 1 aliphatic rings. The lowest BCUT2D eigenvalue weighted by Gasteiger charge is -2.40. The van der Waals surface area contributed by atoms with Crippen molar-refractivity contribution in [2.45, 2.75) is 6.04 Å². The van der Waals surface area contributed by atoms with Crippen molar-refractivity contribution in [2.24, 2.45) is 0 Å². The first-order valence-corrected chi connectivity index (χ1v) is 9.99. The molecular formula is C22H24N2OS. The average molecular weight is 365 g/mol. The van der Waals surface area contributed by atoms with Crippen LogP contribution in [0.3, 0.4) is 0 Å². The Kier molecular flexibility index (Phi) is 5.23. The molecule has 0 spiro atoms. The van der Waals surface area contributed by atoms with Crippen LogP contribution in [0.5, 0.6) is 5.75 Å². The van der Waals surface area contributed by atoms with Crippen LogP contribution in [-0.2, 0) is 0 Å². The number of benzene rings is 2. The maximum absolute atomic E-state index is 5.33. The van der Waals surface area contributed by atoms with Gasteiger partial charge in [0.05, 0.1) is 13.2 Å². The summed E-state index contributed by atoms with van der Waals surface area (Å²) in [6, 6.07) is 21.8. The SMILES string of the molecule is COc1ccc(C(c2ccsc2)N2CCN(c3ccccc3)CC2)cc1. The lowest BCUT2D eigenvalue weighted by atomic mass is 9.98. The van der Waals surface area contributed by atoms with Gasteiger partial charge < -0.3 is 9.64 Å². The molecule has 4 rings (SSSR count). The van der Waals surface area contributed by atoms with Crippen LogP contribution in [0.4, 0.5) is 5.69 Å². The first-order chi connectivity index (χ1) is 12.8. The van der Waals surface area contributed by atoms with Gasteiger partial charge in [-0.2, -0.15) is 11.3 Å². The predicted molar refractivity (Wildman–Crippen MR) is 109 cm³/mol. The fourth-order valence-corrected chi connectivity index (χ4v) is 4.39. The highest BCUT2D eigenvalue weighted by atomic mass is 32.1. The van der Waals surface area contributed by atoms with Crippen LogP contribution in [-0.4, -0.2) is 38.2 Å². The number of nitrogens with zero attached hydrogens (tertiary/aromatic N) is 2. The Bertz CT molecular complexity index is 794. The Morgan fingerprint density at radius 2 is 1.58 bits per heavy atom. The molecule has 1 aromatic heterocycles. The van der Waals surface area contributed by atoms with E-state index in [0.717, 1.165) is 31.9 Å². The molecule has 0 aliphatic carbocycles. The second kappa shape index (κ2) is 7.94. The third kappa shape index (κ3) is 3.62. The summed E-state index contributed by atoms with van der Waals surface area (Å²) in [6.07, 6.45) is 0. The van der Waals surface area contributed by atoms with E-state index >= 15 is 0 Å². The van der Waals surface area contributed by atoms with Gasteiger partial charge in [-0.3, -0.25) is 4.90 Å². The topological polar surface area (TPSA) is 15.7 Å². The molecule has 0 amide bonds. The van der Waals surface area contributed by atoms with Crippen molar-refractivity contribution < 1.29 is 4.74 Å². The summed E-state index contributed by atoms with van der Waals surface area (Å²) < 4.78 is 5.33. The molecule has 26 heavy (non-hydrogen) atoms. The second-order valence-electron chi connectivity index (χ2n) is 6.59. The zero-order valence-electron chi connectivity index (χ0n) is 15.0. The van der Waals surface area contributed by atoms with Gasteiger partial charge in [0.15, 0.2) is 0 Å². The van der Waals surface area contributed by atoms with Crippen molar-refractivity contribution in [3.05, 3.63) is 82.6 Å². The van der Waals surface area contributed by atoms with Crippen LogP contribution < -0.4 is 9.64 Å². The number of para-hydroxylation sites is 1. The molecule has 3 nitrogen and oxygen atoms in total. The van der Waals surface area contributed by atoms with Crippen LogP contribution in [0.15, 0.2) is 71.4 Å². The summed E-state index contributed by atoms with van der Waals surface area (Å²) in [4.78, 5) is 5.08. The average Bonchev–Trinajstić information content (AvgIpc) is 3.24. The molecule has 4 heteroatoms. The standard InChI is InChI=1S/C22H24N2OS/c1-25-21-9-7-18(8-10-21)22(19-11-16-26-17-19)24-14-12-23(13-15-24)20-5-3-2-4-6-20/h2-11,16-17,22H,12-15H2,1H3. The van der Waals surface area contributed by atoms with E-state index in [4.69, 9.17) is 4.74 Å². The lowest BCUT2D eigenvalue weighted by Crippen LogP contribution is -2.47. The fourth-order valence-electron chi connectivity index (χ4n) is 3.71. The largest absolute Gasteiger partial charge is 0.497 e. The third-order valence-electron chi connectivity index (χ3n) is 5.09. The highest BCUT2D eigenvalue weighted by molar-refractivity contribution is 7.08. The van der Waals surface area contributed by atoms with E-state index < -0.39 is 0 Å². The Labute approximate surface area is 159 Å². The van der Waals surface area contributed by atoms with Gasteiger partial charge in [-0.1, -0.05) is 30.3 Å². The summed E-state index contributed by atoms with van der Waals surface area (Å²) in [5.74, 6) is 0.909. The predicted octanol–water partition coefficient (Wildman–Crippen LogP) is 4.67. The Morgan fingerprint density at radius 3 is 2.19 bits per heavy atom. The minimum absolute atomic E-state index is 0.310. The molecule has 1 aliphatic heterocycles. The normalized spacial score (nSPS) is 16.4. The number of methoxy groups -OCH3 is 1. The van der Waals surface area contributed by atoms with Gasteiger partial charge in [-0.05, 0) is 52.2 Å². The summed E-state index contributed by atoms with van der Waals surface area (Å²) in [6.45, 7) is 4.23. The molecule has 3 aromatic rings. The number of anilines is 1. The summed E-state index contributed by atoms with van der Waals surface area (Å²) in [5, 5.41) is 4.45. The highest BCUT2D eigenvalue weighted by Gasteiger charge is 2.26. The van der Waals surface area contributed by atoms with Crippen LogP contribution in [0.25, 0.3) is 0 Å². The molecule has 1 unspecified atom stereocenters. The Balaban J connectivity index is 1.54. The van der Waals surface area contributed by atoms with Gasteiger partial charge in [0.1, 0.15) is 5.75 Å². The Hall–Kier alpha value is -2.30. The quantitative estimate of drug-likeness (QED) is 0.654. The number of hydrogen-bond acceptors (Lipinski definition) is 4. The smallest absolute Gasteiger partial charge is 0.118 e. The molecule has 1 fully saturated rings. The van der Waals surface area contributed by atoms with Gasteiger partial charge >= 0.3 is 0 Å². The lowest BCUT2D eigenvalue weighted by molar-refractivity contribution is 0.212. The molecule has 1 atom stereocenters. The monoisotopic (exact) mass is 364 g/mol. The third-order valence-corrected chi connectivity index (χ3v) is 5.79. The van der Waals surface area contributed by atoms with Gasteiger partial charge in [0.2, 0.25) is 0 Å². The summed E-state index contributed by atoms with van der Waals surface area (Å²) in [7, 11) is 1.72. The van der Waals surface area contributed by atoms with Crippen LogP contribution in [0.2, 0.25) is 0 Å². The molecule has 1 saturated heterocycles. The first-order valence-electron chi connectivity index (χ1n) is 9.05. The minimum atomic E-state index is 0.310. The van der Waals surface area contributed by atoms with E-state index in [-0.39, 0.29) is 0 Å². The van der Waals surface area contributed by atoms with Crippen LogP contribution in [0.1, 0.15) is 17.2 Å². The minimum Gasteiger partial charge on any atom is -0.497 e. The number of thiophene rings is 1. The van der Waals surface area contributed by atoms with Crippen molar-refractivity contribution >= 4 is 17.0 Å². The first kappa shape index (κ1) is 17.1. The number of rotatable bonds is 5. The van der Waals surface area contributed by atoms with E-state index in [1.165, 1.54) is 16.8 Å². The zero-order chi connectivity index (χ0) is 17.8. The summed E-state index contributed by atoms with van der Waals surface area (Å²) >= 11 is 1.77. The molecule has 0 bridgehead atoms. The fraction of sp³-hybridized carbons (Fsp3) is 0.273. The maximum Gasteiger partial charge on any atom is 0.118 e. The van der Waals surface area contributed by atoms with Crippen molar-refractivity contribution in [2.75, 3.05) is 38.2 Å². The summed E-state index contributed by atoms with van der Waals surface area (Å²) in [5.41, 5.74) is 4.04. The van der Waals surface area contributed by atoms with Crippen molar-refractivity contribution in [3.8, 4) is 5.75 Å². The van der Waals surface area contributed by atoms with E-state index in [0.29, 0.717) is 6.04 Å². The van der Waals surface area contributed by atoms with Gasteiger partial charge in [-0.15, -0.1) is 0 Å². The Morgan fingerprint density at radius 1 is 0.846 bits per heavy atom. The van der Waals surface area contributed by atoms with Gasteiger partial charge in [-0.25, -0.2) is 0 Å². The van der Waals surface area contributed by atoms with E-state index in [1.807, 2.05) is 0 Å². The molecule has 134 valence electrons. The molecule has 0 radical (unpaired) electrons. The second-order valence-corrected chi connectivity index (χ2v) is 7.37. The van der Waals surface area contributed by atoms with E-state index in [9.17, 15) is 0 Å². The van der Waals surface area contributed by atoms with E-state index in [1.54, 1.807) is 18.4 Å². The van der Waals surface area contributed by atoms with E-state index in [2.05, 4.69) is 81.2 Å². The molecular weight excluding hydrogens is 340 g/mol. The van der Waals surface area contributed by atoms with Gasteiger partial charge in [0, 0.05) is 31.9 Å². The number of piperazine rings is 1.